The number of rotatable bonds is 25. The van der Waals surface area contributed by atoms with Crippen molar-refractivity contribution in [2.24, 2.45) is 0 Å². The maximum absolute atomic E-state index is 3.28. The lowest BCUT2D eigenvalue weighted by molar-refractivity contribution is 0.595. The summed E-state index contributed by atoms with van der Waals surface area (Å²) < 4.78 is 4.88. The van der Waals surface area contributed by atoms with Gasteiger partial charge in [-0.05, 0) is 86.5 Å². The third-order valence-corrected chi connectivity index (χ3v) is 13.9. The van der Waals surface area contributed by atoms with E-state index in [0.717, 1.165) is 51.6 Å². The highest BCUT2D eigenvalue weighted by Crippen LogP contribution is 2.30. The zero-order valence-corrected chi connectivity index (χ0v) is 37.6. The molecule has 0 radical (unpaired) electrons. The predicted molar refractivity (Wildman–Crippen MR) is 267 cm³/mol. The van der Waals surface area contributed by atoms with E-state index < -0.39 is 0 Å². The van der Waals surface area contributed by atoms with E-state index >= 15 is 0 Å². The van der Waals surface area contributed by atoms with Gasteiger partial charge in [-0.15, -0.1) is 0 Å². The van der Waals surface area contributed by atoms with Crippen LogP contribution in [0, 0.1) is 47.4 Å². The van der Waals surface area contributed by atoms with Crippen LogP contribution >= 0.6 is 21.6 Å². The van der Waals surface area contributed by atoms with Gasteiger partial charge in [-0.1, -0.05) is 182 Å². The Morgan fingerprint density at radius 1 is 0.300 bits per heavy atom. The number of aryl methyl sites for hydroxylation is 2. The molecular formula is C56H64N2S2. The van der Waals surface area contributed by atoms with Crippen molar-refractivity contribution in [3.05, 3.63) is 97.1 Å². The minimum absolute atomic E-state index is 0.886. The predicted octanol–water partition coefficient (Wildman–Crippen LogP) is 15.8. The number of benzene rings is 4. The van der Waals surface area contributed by atoms with Crippen LogP contribution < -0.4 is 0 Å². The summed E-state index contributed by atoms with van der Waals surface area (Å²) in [6, 6.07) is 34.9. The highest BCUT2D eigenvalue weighted by atomic mass is 33.1. The van der Waals surface area contributed by atoms with Crippen molar-refractivity contribution in [2.75, 3.05) is 11.5 Å². The quantitative estimate of drug-likeness (QED) is 0.0323. The van der Waals surface area contributed by atoms with E-state index in [2.05, 4.69) is 175 Å². The standard InChI is InChI=1S/C56H64N2S2/c1(5-9-13-17-21-33-45-57-53-41-29-25-37-49(53)50-38-26-30-42-54(50)57)3-7-11-15-19-23-35-47-59-60-48-36-24-20-16-12-8-4-2-6-10-14-18-22-34-46-58-55-43-31-27-39-51(55)52-40-28-32-44-56(52)58/h25-32,37-44H,1-4,7-8,11-12,15-16,19-24,33-36,45-48H2. The summed E-state index contributed by atoms with van der Waals surface area (Å²) in [7, 11) is 4.18. The molecule has 4 heteroatoms. The minimum Gasteiger partial charge on any atom is -0.340 e. The Labute approximate surface area is 369 Å². The Morgan fingerprint density at radius 2 is 0.567 bits per heavy atom. The molecule has 0 bridgehead atoms. The molecule has 6 aromatic rings. The van der Waals surface area contributed by atoms with E-state index in [4.69, 9.17) is 0 Å². The van der Waals surface area contributed by atoms with Gasteiger partial charge in [0, 0.05) is 93.9 Å². The number of hydrogen-bond donors (Lipinski definition) is 0. The van der Waals surface area contributed by atoms with Crippen molar-refractivity contribution >= 4 is 65.2 Å². The zero-order valence-electron chi connectivity index (χ0n) is 35.9. The molecule has 0 fully saturated rings. The van der Waals surface area contributed by atoms with Crippen LogP contribution in [0.5, 0.6) is 0 Å². The van der Waals surface area contributed by atoms with E-state index in [1.807, 2.05) is 0 Å². The Bertz CT molecular complexity index is 2180. The molecular weight excluding hydrogens is 765 g/mol. The van der Waals surface area contributed by atoms with Gasteiger partial charge >= 0.3 is 0 Å². The third kappa shape index (κ3) is 14.6. The Morgan fingerprint density at radius 3 is 0.900 bits per heavy atom. The molecule has 2 heterocycles. The first-order chi connectivity index (χ1) is 29.9. The van der Waals surface area contributed by atoms with Gasteiger partial charge in [-0.3, -0.25) is 0 Å². The molecule has 0 spiro atoms. The number of aromatic nitrogens is 2. The lowest BCUT2D eigenvalue weighted by Gasteiger charge is -2.05. The Kier molecular flexibility index (Phi) is 20.5. The van der Waals surface area contributed by atoms with Gasteiger partial charge in [0.2, 0.25) is 0 Å². The van der Waals surface area contributed by atoms with Crippen LogP contribution in [0.25, 0.3) is 43.6 Å². The molecule has 310 valence electrons. The van der Waals surface area contributed by atoms with Gasteiger partial charge in [0.1, 0.15) is 0 Å². The maximum atomic E-state index is 3.28. The Hall–Kier alpha value is -4.58. The first kappa shape index (κ1) is 45.0. The second-order valence-corrected chi connectivity index (χ2v) is 18.6. The molecule has 0 amide bonds. The molecule has 0 unspecified atom stereocenters. The average Bonchev–Trinajstić information content (AvgIpc) is 3.78. The molecule has 60 heavy (non-hydrogen) atoms. The summed E-state index contributed by atoms with van der Waals surface area (Å²) >= 11 is 0. The van der Waals surface area contributed by atoms with Crippen LogP contribution in [0.4, 0.5) is 0 Å². The fourth-order valence-electron chi connectivity index (χ4n) is 8.20. The summed E-state index contributed by atoms with van der Waals surface area (Å²) in [5.74, 6) is 28.0. The van der Waals surface area contributed by atoms with Crippen LogP contribution in [0.3, 0.4) is 0 Å². The SMILES string of the molecule is C(C#CCCCn1c2ccccc2c2ccccc21)#CCCCCCCCCCSSCCCCCCCCCC#CC#CCCCn1c2ccccc2c2ccccc21. The fourth-order valence-corrected chi connectivity index (χ4v) is 10.5. The number of hydrogen-bond acceptors (Lipinski definition) is 2. The van der Waals surface area contributed by atoms with Crippen LogP contribution in [0.15, 0.2) is 97.1 Å². The highest BCUT2D eigenvalue weighted by Gasteiger charge is 2.10. The molecule has 4 aromatic carbocycles. The summed E-state index contributed by atoms with van der Waals surface area (Å²) in [6.07, 6.45) is 24.5. The molecule has 0 saturated heterocycles. The van der Waals surface area contributed by atoms with Gasteiger partial charge in [0.25, 0.3) is 0 Å². The zero-order chi connectivity index (χ0) is 41.1. The normalized spacial score (nSPS) is 10.9. The van der Waals surface area contributed by atoms with Crippen LogP contribution in [-0.4, -0.2) is 20.6 Å². The molecule has 2 nitrogen and oxygen atoms in total. The van der Waals surface area contributed by atoms with Crippen LogP contribution in [-0.2, 0) is 13.1 Å². The Balaban J connectivity index is 0.654. The second-order valence-electron chi connectivity index (χ2n) is 15.9. The van der Waals surface area contributed by atoms with Gasteiger partial charge in [0.05, 0.1) is 0 Å². The molecule has 0 N–H and O–H groups in total. The number of unbranched alkanes of at least 4 members (excludes halogenated alkanes) is 16. The number of para-hydroxylation sites is 4. The smallest absolute Gasteiger partial charge is 0.0491 e. The molecule has 0 aliphatic rings. The van der Waals surface area contributed by atoms with Crippen molar-refractivity contribution in [1.29, 1.82) is 0 Å². The van der Waals surface area contributed by atoms with Crippen LogP contribution in [0.2, 0.25) is 0 Å². The first-order valence-corrected chi connectivity index (χ1v) is 25.5. The summed E-state index contributed by atoms with van der Waals surface area (Å²) in [5.41, 5.74) is 5.26. The molecule has 0 aliphatic carbocycles. The van der Waals surface area contributed by atoms with Crippen molar-refractivity contribution in [2.45, 2.75) is 142 Å². The molecule has 2 aromatic heterocycles. The average molecular weight is 829 g/mol. The van der Waals surface area contributed by atoms with Crippen molar-refractivity contribution in [3.8, 4) is 47.4 Å². The number of nitrogens with zero attached hydrogens (tertiary/aromatic N) is 2. The lowest BCUT2D eigenvalue weighted by atomic mass is 10.1. The topological polar surface area (TPSA) is 9.86 Å². The molecule has 6 rings (SSSR count). The maximum Gasteiger partial charge on any atom is 0.0491 e. The summed E-state index contributed by atoms with van der Waals surface area (Å²) in [4.78, 5) is 0. The van der Waals surface area contributed by atoms with E-state index in [-0.39, 0.29) is 0 Å². The van der Waals surface area contributed by atoms with Gasteiger partial charge in [-0.2, -0.15) is 0 Å². The van der Waals surface area contributed by atoms with Crippen LogP contribution in [0.1, 0.15) is 128 Å². The highest BCUT2D eigenvalue weighted by molar-refractivity contribution is 8.76. The summed E-state index contributed by atoms with van der Waals surface area (Å²) in [6.45, 7) is 1.97. The fraction of sp³-hybridized carbons (Fsp3) is 0.429. The second kappa shape index (κ2) is 27.3. The monoisotopic (exact) mass is 828 g/mol. The van der Waals surface area contributed by atoms with E-state index in [9.17, 15) is 0 Å². The molecule has 0 aliphatic heterocycles. The van der Waals surface area contributed by atoms with Gasteiger partial charge < -0.3 is 9.13 Å². The third-order valence-electron chi connectivity index (χ3n) is 11.3. The minimum atomic E-state index is 0.886. The molecule has 0 atom stereocenters. The number of fused-ring (bicyclic) bond motifs is 6. The van der Waals surface area contributed by atoms with E-state index in [1.165, 1.54) is 145 Å². The van der Waals surface area contributed by atoms with E-state index in [0.29, 0.717) is 0 Å². The van der Waals surface area contributed by atoms with Gasteiger partial charge in [-0.25, -0.2) is 0 Å². The first-order valence-electron chi connectivity index (χ1n) is 23.0. The largest absolute Gasteiger partial charge is 0.340 e. The van der Waals surface area contributed by atoms with Crippen molar-refractivity contribution < 1.29 is 0 Å². The van der Waals surface area contributed by atoms with Crippen molar-refractivity contribution in [3.63, 3.8) is 0 Å². The molecule has 0 saturated carbocycles. The van der Waals surface area contributed by atoms with Gasteiger partial charge in [0.15, 0.2) is 0 Å². The lowest BCUT2D eigenvalue weighted by Crippen LogP contribution is -1.96. The van der Waals surface area contributed by atoms with E-state index in [1.54, 1.807) is 0 Å². The summed E-state index contributed by atoms with van der Waals surface area (Å²) in [5, 5.41) is 5.35. The van der Waals surface area contributed by atoms with Crippen molar-refractivity contribution in [1.82, 2.24) is 9.13 Å².